The first kappa shape index (κ1) is 15.5. The van der Waals surface area contributed by atoms with Crippen molar-refractivity contribution in [3.63, 3.8) is 0 Å². The van der Waals surface area contributed by atoms with E-state index in [0.29, 0.717) is 6.04 Å². The smallest absolute Gasteiger partial charge is 0.0593 e. The van der Waals surface area contributed by atoms with Crippen molar-refractivity contribution in [1.82, 2.24) is 4.90 Å². The average Bonchev–Trinajstić information content (AvgIpc) is 3.07. The maximum atomic E-state index is 6.30. The van der Waals surface area contributed by atoms with Gasteiger partial charge in [0.15, 0.2) is 0 Å². The number of nitrogens with two attached hydrogens (primary N) is 1. The topological polar surface area (TPSA) is 29.3 Å². The molecular weight excluding hydrogens is 320 g/mol. The van der Waals surface area contributed by atoms with Crippen LogP contribution in [0.5, 0.6) is 0 Å². The van der Waals surface area contributed by atoms with Crippen molar-refractivity contribution < 1.29 is 0 Å². The Bertz CT molecular complexity index is 399. The highest BCUT2D eigenvalue weighted by Gasteiger charge is 2.36. The van der Waals surface area contributed by atoms with Crippen molar-refractivity contribution in [1.29, 1.82) is 0 Å². The van der Waals surface area contributed by atoms with E-state index in [1.165, 1.54) is 35.2 Å². The summed E-state index contributed by atoms with van der Waals surface area (Å²) in [6, 6.07) is 3.56. The Labute approximate surface area is 129 Å². The fraction of sp³-hybridized carbons (Fsp3) is 0.733. The van der Waals surface area contributed by atoms with Crippen molar-refractivity contribution >= 4 is 27.3 Å². The van der Waals surface area contributed by atoms with Gasteiger partial charge in [-0.25, -0.2) is 0 Å². The minimum absolute atomic E-state index is 0.179. The van der Waals surface area contributed by atoms with Crippen molar-refractivity contribution in [2.24, 2.45) is 11.7 Å². The van der Waals surface area contributed by atoms with Gasteiger partial charge in [0.2, 0.25) is 0 Å². The molecule has 2 unspecified atom stereocenters. The molecule has 0 bridgehead atoms. The Balaban J connectivity index is 2.14. The van der Waals surface area contributed by atoms with E-state index in [2.05, 4.69) is 53.0 Å². The first-order valence-corrected chi connectivity index (χ1v) is 8.91. The van der Waals surface area contributed by atoms with Crippen LogP contribution in [-0.2, 0) is 0 Å². The second-order valence-corrected chi connectivity index (χ2v) is 7.98. The van der Waals surface area contributed by atoms with E-state index >= 15 is 0 Å². The van der Waals surface area contributed by atoms with Crippen LogP contribution in [0.3, 0.4) is 0 Å². The molecule has 2 nitrogen and oxygen atoms in total. The number of thiophene rings is 1. The van der Waals surface area contributed by atoms with Crippen LogP contribution in [0.15, 0.2) is 15.9 Å². The summed E-state index contributed by atoms with van der Waals surface area (Å²) < 4.78 is 1.18. The summed E-state index contributed by atoms with van der Waals surface area (Å²) in [6.07, 6.45) is 3.94. The summed E-state index contributed by atoms with van der Waals surface area (Å²) >= 11 is 5.39. The molecule has 0 saturated heterocycles. The molecule has 2 rings (SSSR count). The van der Waals surface area contributed by atoms with Gasteiger partial charge in [-0.15, -0.1) is 11.3 Å². The summed E-state index contributed by atoms with van der Waals surface area (Å²) in [5.41, 5.74) is 6.30. The van der Waals surface area contributed by atoms with E-state index < -0.39 is 0 Å². The molecule has 1 aromatic rings. The maximum absolute atomic E-state index is 6.30. The van der Waals surface area contributed by atoms with Gasteiger partial charge in [0.05, 0.1) is 6.04 Å². The number of rotatable bonds is 7. The van der Waals surface area contributed by atoms with Gasteiger partial charge in [-0.05, 0) is 60.6 Å². The monoisotopic (exact) mass is 344 g/mol. The molecule has 4 heteroatoms. The maximum Gasteiger partial charge on any atom is 0.0593 e. The van der Waals surface area contributed by atoms with Gasteiger partial charge in [0.25, 0.3) is 0 Å². The molecule has 1 aromatic heterocycles. The summed E-state index contributed by atoms with van der Waals surface area (Å²) in [4.78, 5) is 4.06. The highest BCUT2D eigenvalue weighted by molar-refractivity contribution is 9.10. The van der Waals surface area contributed by atoms with Gasteiger partial charge in [-0.3, -0.25) is 4.90 Å². The van der Waals surface area contributed by atoms with Gasteiger partial charge in [0.1, 0.15) is 0 Å². The third-order valence-electron chi connectivity index (χ3n) is 3.72. The molecule has 0 aliphatic heterocycles. The Morgan fingerprint density at radius 3 is 2.53 bits per heavy atom. The molecule has 2 atom stereocenters. The van der Waals surface area contributed by atoms with Gasteiger partial charge >= 0.3 is 0 Å². The summed E-state index contributed by atoms with van der Waals surface area (Å²) in [7, 11) is 0. The summed E-state index contributed by atoms with van der Waals surface area (Å²) in [5, 5.41) is 2.16. The predicted molar refractivity (Wildman–Crippen MR) is 87.6 cm³/mol. The zero-order valence-electron chi connectivity index (χ0n) is 12.1. The number of halogens is 1. The molecule has 1 aliphatic rings. The molecule has 1 heterocycles. The normalized spacial score (nSPS) is 19.1. The molecule has 1 fully saturated rings. The van der Waals surface area contributed by atoms with E-state index in [9.17, 15) is 0 Å². The second kappa shape index (κ2) is 6.70. The number of nitrogens with zero attached hydrogens (tertiary/aromatic N) is 1. The summed E-state index contributed by atoms with van der Waals surface area (Å²) in [5.74, 6) is 0.755. The second-order valence-electron chi connectivity index (χ2n) is 6.12. The highest BCUT2D eigenvalue weighted by atomic mass is 79.9. The van der Waals surface area contributed by atoms with Crippen LogP contribution in [0, 0.1) is 5.92 Å². The lowest BCUT2D eigenvalue weighted by atomic mass is 10.0. The summed E-state index contributed by atoms with van der Waals surface area (Å²) in [6.45, 7) is 7.91. The van der Waals surface area contributed by atoms with E-state index in [-0.39, 0.29) is 6.04 Å². The van der Waals surface area contributed by atoms with Crippen LogP contribution in [0.1, 0.15) is 51.0 Å². The van der Waals surface area contributed by atoms with E-state index in [0.717, 1.165) is 12.0 Å². The first-order valence-electron chi connectivity index (χ1n) is 7.24. The number of hydrogen-bond donors (Lipinski definition) is 1. The van der Waals surface area contributed by atoms with Crippen molar-refractivity contribution in [2.75, 3.05) is 6.54 Å². The molecule has 0 radical (unpaired) electrons. The SMILES string of the molecule is CC(C)CCN(C1CC1)C(c1cc(Br)cs1)C(C)N. The van der Waals surface area contributed by atoms with Crippen molar-refractivity contribution in [3.05, 3.63) is 20.8 Å². The molecule has 0 spiro atoms. The standard InChI is InChI=1S/C15H25BrN2S/c1-10(2)6-7-18(13-4-5-13)15(11(3)17)14-8-12(16)9-19-14/h8-11,13,15H,4-7,17H2,1-3H3. The van der Waals surface area contributed by atoms with E-state index in [1.807, 2.05) is 11.3 Å². The van der Waals surface area contributed by atoms with Gasteiger partial charge in [0, 0.05) is 26.8 Å². The predicted octanol–water partition coefficient (Wildman–Crippen LogP) is 4.41. The Kier molecular flexibility index (Phi) is 5.46. The van der Waals surface area contributed by atoms with Crippen LogP contribution in [0.2, 0.25) is 0 Å². The van der Waals surface area contributed by atoms with Crippen LogP contribution in [-0.4, -0.2) is 23.5 Å². The highest BCUT2D eigenvalue weighted by Crippen LogP contribution is 2.38. The third-order valence-corrected chi connectivity index (χ3v) is 5.48. The lowest BCUT2D eigenvalue weighted by Gasteiger charge is -2.34. The number of hydrogen-bond acceptors (Lipinski definition) is 3. The van der Waals surface area contributed by atoms with Crippen molar-refractivity contribution in [3.8, 4) is 0 Å². The molecule has 2 N–H and O–H groups in total. The zero-order valence-corrected chi connectivity index (χ0v) is 14.5. The Hall–Kier alpha value is 0.1000. The Morgan fingerprint density at radius 2 is 2.11 bits per heavy atom. The van der Waals surface area contributed by atoms with Crippen LogP contribution in [0.4, 0.5) is 0 Å². The van der Waals surface area contributed by atoms with Gasteiger partial charge < -0.3 is 5.73 Å². The van der Waals surface area contributed by atoms with Gasteiger partial charge in [-0.1, -0.05) is 13.8 Å². The van der Waals surface area contributed by atoms with E-state index in [4.69, 9.17) is 5.73 Å². The Morgan fingerprint density at radius 1 is 1.42 bits per heavy atom. The fourth-order valence-corrected chi connectivity index (χ4v) is 4.25. The lowest BCUT2D eigenvalue weighted by Crippen LogP contribution is -2.41. The van der Waals surface area contributed by atoms with Crippen LogP contribution in [0.25, 0.3) is 0 Å². The fourth-order valence-electron chi connectivity index (χ4n) is 2.57. The van der Waals surface area contributed by atoms with Gasteiger partial charge in [-0.2, -0.15) is 0 Å². The van der Waals surface area contributed by atoms with Crippen LogP contribution < -0.4 is 5.73 Å². The molecule has 1 saturated carbocycles. The largest absolute Gasteiger partial charge is 0.326 e. The molecule has 0 aromatic carbocycles. The zero-order chi connectivity index (χ0) is 14.0. The molecule has 1 aliphatic carbocycles. The van der Waals surface area contributed by atoms with E-state index in [1.54, 1.807) is 0 Å². The third kappa shape index (κ3) is 4.28. The van der Waals surface area contributed by atoms with Crippen molar-refractivity contribution in [2.45, 2.75) is 58.2 Å². The minimum Gasteiger partial charge on any atom is -0.326 e. The first-order chi connectivity index (χ1) is 8.99. The molecule has 0 amide bonds. The molecule has 19 heavy (non-hydrogen) atoms. The average molecular weight is 345 g/mol. The molecular formula is C15H25BrN2S. The lowest BCUT2D eigenvalue weighted by molar-refractivity contribution is 0.160. The minimum atomic E-state index is 0.179. The quantitative estimate of drug-likeness (QED) is 0.793. The molecule has 108 valence electrons. The van der Waals surface area contributed by atoms with Crippen LogP contribution >= 0.6 is 27.3 Å².